The Morgan fingerprint density at radius 3 is 2.80 bits per heavy atom. The Labute approximate surface area is 156 Å². The Balaban J connectivity index is 2.01. The average molecular weight is 419 g/mol. The number of hydrogen-bond acceptors (Lipinski definition) is 5. The molecule has 0 spiro atoms. The second-order valence-electron chi connectivity index (χ2n) is 5.26. The summed E-state index contributed by atoms with van der Waals surface area (Å²) in [6, 6.07) is 11.3. The van der Waals surface area contributed by atoms with E-state index in [1.807, 2.05) is 42.5 Å². The quantitative estimate of drug-likeness (QED) is 0.588. The fourth-order valence-electron chi connectivity index (χ4n) is 2.40. The van der Waals surface area contributed by atoms with Crippen molar-refractivity contribution in [2.45, 2.75) is 13.5 Å². The van der Waals surface area contributed by atoms with Gasteiger partial charge in [0.1, 0.15) is 12.3 Å². The molecule has 0 saturated heterocycles. The number of benzene rings is 1. The van der Waals surface area contributed by atoms with Gasteiger partial charge in [0.2, 0.25) is 0 Å². The topological polar surface area (TPSA) is 61.2 Å². The molecule has 0 unspecified atom stereocenters. The lowest BCUT2D eigenvalue weighted by Crippen LogP contribution is -2.26. The maximum absolute atomic E-state index is 12.8. The van der Waals surface area contributed by atoms with Crippen LogP contribution in [0, 0.1) is 0 Å². The second-order valence-corrected chi connectivity index (χ2v) is 7.75. The minimum atomic E-state index is -0.366. The lowest BCUT2D eigenvalue weighted by Gasteiger charge is -2.11. The molecule has 0 amide bonds. The summed E-state index contributed by atoms with van der Waals surface area (Å²) in [5.74, 6) is -0.366. The average Bonchev–Trinajstić information content (AvgIpc) is 3.00. The minimum absolute atomic E-state index is 0.143. The number of para-hydroxylation sites is 2. The molecule has 0 aliphatic carbocycles. The number of fused-ring (bicyclic) bond motifs is 1. The maximum atomic E-state index is 12.8. The predicted molar refractivity (Wildman–Crippen MR) is 104 cm³/mol. The van der Waals surface area contributed by atoms with Crippen LogP contribution in [-0.4, -0.2) is 22.1 Å². The number of ether oxygens (including phenoxy) is 1. The third kappa shape index (κ3) is 4.24. The van der Waals surface area contributed by atoms with Crippen molar-refractivity contribution in [1.82, 2.24) is 9.55 Å². The molecule has 3 rings (SSSR count). The van der Waals surface area contributed by atoms with Gasteiger partial charge < -0.3 is 9.30 Å². The summed E-state index contributed by atoms with van der Waals surface area (Å²) in [5, 5.41) is 0. The Hall–Kier alpha value is -2.25. The summed E-state index contributed by atoms with van der Waals surface area (Å²) >= 11 is 4.99. The van der Waals surface area contributed by atoms with E-state index in [0.717, 1.165) is 19.7 Å². The van der Waals surface area contributed by atoms with Crippen molar-refractivity contribution >= 4 is 56.4 Å². The molecule has 128 valence electrons. The zero-order valence-electron chi connectivity index (χ0n) is 13.4. The van der Waals surface area contributed by atoms with Gasteiger partial charge in [0, 0.05) is 11.8 Å². The van der Waals surface area contributed by atoms with E-state index in [-0.39, 0.29) is 24.7 Å². The van der Waals surface area contributed by atoms with Gasteiger partial charge in [0.05, 0.1) is 21.4 Å². The summed E-state index contributed by atoms with van der Waals surface area (Å²) in [4.78, 5) is 29.2. The van der Waals surface area contributed by atoms with Crippen LogP contribution in [0.2, 0.25) is 0 Å². The highest BCUT2D eigenvalue weighted by Crippen LogP contribution is 2.23. The highest BCUT2D eigenvalue weighted by atomic mass is 79.9. The van der Waals surface area contributed by atoms with Crippen molar-refractivity contribution in [2.24, 2.45) is 0 Å². The van der Waals surface area contributed by atoms with Gasteiger partial charge in [-0.1, -0.05) is 12.1 Å². The van der Waals surface area contributed by atoms with Crippen molar-refractivity contribution in [2.75, 3.05) is 6.61 Å². The van der Waals surface area contributed by atoms with E-state index in [1.54, 1.807) is 22.0 Å². The van der Waals surface area contributed by atoms with Crippen molar-refractivity contribution in [3.8, 4) is 0 Å². The van der Waals surface area contributed by atoms with Gasteiger partial charge in [-0.05, 0) is 52.3 Å². The summed E-state index contributed by atoms with van der Waals surface area (Å²) in [7, 11) is 0. The molecule has 7 heteroatoms. The minimum Gasteiger partial charge on any atom is -0.464 e. The molecule has 0 aliphatic rings. The van der Waals surface area contributed by atoms with Crippen LogP contribution >= 0.6 is 27.3 Å². The standard InChI is InChI=1S/C18H15BrN2O3S/c1-12(22)24-11-10-21-16-5-3-2-4-14(16)20-15(18(21)23)8-6-13-7-9-17(19)25-13/h2-9H,10-11H2,1H3/b8-6+. The first-order chi connectivity index (χ1) is 12.0. The normalized spacial score (nSPS) is 11.3. The van der Waals surface area contributed by atoms with Crippen molar-refractivity contribution < 1.29 is 9.53 Å². The molecule has 0 atom stereocenters. The van der Waals surface area contributed by atoms with Gasteiger partial charge >= 0.3 is 5.97 Å². The molecular weight excluding hydrogens is 404 g/mol. The molecule has 0 radical (unpaired) electrons. The Morgan fingerprint density at radius 1 is 1.28 bits per heavy atom. The van der Waals surface area contributed by atoms with E-state index < -0.39 is 0 Å². The number of rotatable bonds is 5. The number of nitrogens with zero attached hydrogens (tertiary/aromatic N) is 2. The summed E-state index contributed by atoms with van der Waals surface area (Å²) in [6.07, 6.45) is 3.58. The Kier molecular flexibility index (Phi) is 5.45. The van der Waals surface area contributed by atoms with Crippen LogP contribution in [0.4, 0.5) is 0 Å². The van der Waals surface area contributed by atoms with E-state index in [1.165, 1.54) is 6.92 Å². The van der Waals surface area contributed by atoms with Crippen LogP contribution in [0.3, 0.4) is 0 Å². The number of esters is 1. The van der Waals surface area contributed by atoms with Crippen LogP contribution in [0.1, 0.15) is 17.5 Å². The summed E-state index contributed by atoms with van der Waals surface area (Å²) < 4.78 is 7.60. The van der Waals surface area contributed by atoms with E-state index in [9.17, 15) is 9.59 Å². The van der Waals surface area contributed by atoms with E-state index in [0.29, 0.717) is 5.69 Å². The molecule has 0 fully saturated rings. The molecule has 2 heterocycles. The fraction of sp³-hybridized carbons (Fsp3) is 0.167. The lowest BCUT2D eigenvalue weighted by molar-refractivity contribution is -0.141. The van der Waals surface area contributed by atoms with Crippen LogP contribution in [-0.2, 0) is 16.1 Å². The highest BCUT2D eigenvalue weighted by Gasteiger charge is 2.09. The first-order valence-corrected chi connectivity index (χ1v) is 9.22. The van der Waals surface area contributed by atoms with E-state index >= 15 is 0 Å². The SMILES string of the molecule is CC(=O)OCCn1c(=O)c(/C=C/c2ccc(Br)s2)nc2ccccc21. The predicted octanol–water partition coefficient (Wildman–Crippen LogP) is 3.95. The number of thiophene rings is 1. The van der Waals surface area contributed by atoms with Gasteiger partial charge in [-0.15, -0.1) is 11.3 Å². The largest absolute Gasteiger partial charge is 0.464 e. The van der Waals surface area contributed by atoms with Crippen molar-refractivity contribution in [3.05, 3.63) is 61.1 Å². The molecular formula is C18H15BrN2O3S. The molecule has 0 saturated carbocycles. The molecule has 3 aromatic rings. The number of hydrogen-bond donors (Lipinski definition) is 0. The first kappa shape index (κ1) is 17.6. The molecule has 25 heavy (non-hydrogen) atoms. The summed E-state index contributed by atoms with van der Waals surface area (Å²) in [5.41, 5.74) is 1.58. The zero-order valence-corrected chi connectivity index (χ0v) is 15.8. The van der Waals surface area contributed by atoms with Gasteiger partial charge in [0.25, 0.3) is 5.56 Å². The highest BCUT2D eigenvalue weighted by molar-refractivity contribution is 9.11. The Morgan fingerprint density at radius 2 is 2.08 bits per heavy atom. The number of carbonyl (C=O) groups excluding carboxylic acids is 1. The van der Waals surface area contributed by atoms with Crippen LogP contribution in [0.25, 0.3) is 23.2 Å². The maximum Gasteiger partial charge on any atom is 0.302 e. The van der Waals surface area contributed by atoms with Gasteiger partial charge in [-0.3, -0.25) is 9.59 Å². The van der Waals surface area contributed by atoms with Gasteiger partial charge in [0.15, 0.2) is 0 Å². The third-order valence-electron chi connectivity index (χ3n) is 3.50. The monoisotopic (exact) mass is 418 g/mol. The third-order valence-corrected chi connectivity index (χ3v) is 5.09. The second kappa shape index (κ2) is 7.76. The Bertz CT molecular complexity index is 1010. The van der Waals surface area contributed by atoms with Crippen LogP contribution < -0.4 is 5.56 Å². The molecule has 0 N–H and O–H groups in total. The zero-order chi connectivity index (χ0) is 17.8. The van der Waals surface area contributed by atoms with E-state index in [2.05, 4.69) is 20.9 Å². The molecule has 0 bridgehead atoms. The molecule has 2 aromatic heterocycles. The first-order valence-electron chi connectivity index (χ1n) is 7.61. The lowest BCUT2D eigenvalue weighted by atomic mass is 10.2. The summed E-state index contributed by atoms with van der Waals surface area (Å²) in [6.45, 7) is 1.78. The number of aromatic nitrogens is 2. The smallest absolute Gasteiger partial charge is 0.302 e. The molecule has 5 nitrogen and oxygen atoms in total. The van der Waals surface area contributed by atoms with Crippen molar-refractivity contribution in [1.29, 1.82) is 0 Å². The molecule has 1 aromatic carbocycles. The van der Waals surface area contributed by atoms with Crippen LogP contribution in [0.15, 0.2) is 45.0 Å². The number of halogens is 1. The van der Waals surface area contributed by atoms with Crippen molar-refractivity contribution in [3.63, 3.8) is 0 Å². The molecule has 0 aliphatic heterocycles. The van der Waals surface area contributed by atoms with Gasteiger partial charge in [-0.2, -0.15) is 0 Å². The van der Waals surface area contributed by atoms with Gasteiger partial charge in [-0.25, -0.2) is 4.98 Å². The van der Waals surface area contributed by atoms with Crippen LogP contribution in [0.5, 0.6) is 0 Å². The number of carbonyl (C=O) groups is 1. The fourth-order valence-corrected chi connectivity index (χ4v) is 3.73. The van der Waals surface area contributed by atoms with E-state index in [4.69, 9.17) is 4.74 Å².